The fourth-order valence-corrected chi connectivity index (χ4v) is 2.68. The van der Waals surface area contributed by atoms with E-state index in [-0.39, 0.29) is 10.8 Å². The third-order valence-electron chi connectivity index (χ3n) is 2.15. The van der Waals surface area contributed by atoms with Gasteiger partial charge in [0.1, 0.15) is 6.33 Å². The minimum atomic E-state index is -3.61. The average molecular weight is 252 g/mol. The van der Waals surface area contributed by atoms with Crippen molar-refractivity contribution in [3.63, 3.8) is 0 Å². The van der Waals surface area contributed by atoms with Gasteiger partial charge in [0.15, 0.2) is 0 Å². The molecule has 6 nitrogen and oxygen atoms in total. The molecule has 90 valence electrons. The molecule has 0 aliphatic heterocycles. The number of nitrogens with zero attached hydrogens (tertiary/aromatic N) is 2. The van der Waals surface area contributed by atoms with Gasteiger partial charge in [-0.15, -0.1) is 0 Å². The summed E-state index contributed by atoms with van der Waals surface area (Å²) in [6.07, 6.45) is 1.24. The van der Waals surface area contributed by atoms with Crippen molar-refractivity contribution in [1.82, 2.24) is 15.2 Å². The predicted molar refractivity (Wildman–Crippen MR) is 63.1 cm³/mol. The van der Waals surface area contributed by atoms with Crippen LogP contribution in [0.2, 0.25) is 0 Å². The molecule has 0 radical (unpaired) electrons. The maximum Gasteiger partial charge on any atom is 0.264 e. The van der Waals surface area contributed by atoms with Gasteiger partial charge in [0.05, 0.1) is 4.90 Å². The number of anilines is 1. The summed E-state index contributed by atoms with van der Waals surface area (Å²) in [6, 6.07) is 5.12. The highest BCUT2D eigenvalue weighted by Crippen LogP contribution is 2.16. The monoisotopic (exact) mass is 252 g/mol. The normalized spacial score (nSPS) is 11.4. The molecule has 1 heterocycles. The molecule has 7 heteroatoms. The van der Waals surface area contributed by atoms with Crippen LogP contribution in [0.5, 0.6) is 0 Å². The van der Waals surface area contributed by atoms with E-state index in [9.17, 15) is 8.42 Å². The first-order valence-electron chi connectivity index (χ1n) is 4.94. The van der Waals surface area contributed by atoms with Crippen molar-refractivity contribution in [2.45, 2.75) is 18.7 Å². The molecular formula is C10H12N4O2S. The highest BCUT2D eigenvalue weighted by molar-refractivity contribution is 7.92. The maximum absolute atomic E-state index is 12.0. The molecule has 1 aromatic carbocycles. The zero-order valence-corrected chi connectivity index (χ0v) is 10.2. The van der Waals surface area contributed by atoms with Crippen LogP contribution in [0.15, 0.2) is 29.4 Å². The third-order valence-corrected chi connectivity index (χ3v) is 3.47. The predicted octanol–water partition coefficient (Wildman–Crippen LogP) is 1.22. The summed E-state index contributed by atoms with van der Waals surface area (Å²) in [5, 5.41) is 6.01. The van der Waals surface area contributed by atoms with Crippen molar-refractivity contribution >= 4 is 16.0 Å². The number of aromatic amines is 1. The van der Waals surface area contributed by atoms with Crippen molar-refractivity contribution in [2.24, 2.45) is 0 Å². The minimum Gasteiger partial charge on any atom is -0.248 e. The smallest absolute Gasteiger partial charge is 0.248 e. The first-order chi connectivity index (χ1) is 7.97. The van der Waals surface area contributed by atoms with Gasteiger partial charge in [-0.2, -0.15) is 10.1 Å². The van der Waals surface area contributed by atoms with Crippen LogP contribution >= 0.6 is 0 Å². The Balaban J connectivity index is 2.38. The molecule has 0 aliphatic rings. The Kier molecular flexibility index (Phi) is 2.84. The van der Waals surface area contributed by atoms with E-state index in [1.54, 1.807) is 12.1 Å². The quantitative estimate of drug-likeness (QED) is 0.859. The van der Waals surface area contributed by atoms with Crippen LogP contribution in [0, 0.1) is 13.8 Å². The second-order valence-electron chi connectivity index (χ2n) is 3.76. The maximum atomic E-state index is 12.0. The van der Waals surface area contributed by atoms with Crippen LogP contribution < -0.4 is 4.72 Å². The Morgan fingerprint density at radius 1 is 1.18 bits per heavy atom. The number of sulfonamides is 1. The van der Waals surface area contributed by atoms with E-state index in [4.69, 9.17) is 0 Å². The van der Waals surface area contributed by atoms with Gasteiger partial charge in [-0.25, -0.2) is 18.2 Å². The van der Waals surface area contributed by atoms with Gasteiger partial charge < -0.3 is 0 Å². The molecule has 0 spiro atoms. The Morgan fingerprint density at radius 2 is 1.82 bits per heavy atom. The Bertz CT molecular complexity index is 600. The highest BCUT2D eigenvalue weighted by Gasteiger charge is 2.16. The molecule has 0 saturated carbocycles. The first-order valence-corrected chi connectivity index (χ1v) is 6.42. The fraction of sp³-hybridized carbons (Fsp3) is 0.200. The number of hydrogen-bond acceptors (Lipinski definition) is 4. The molecule has 0 atom stereocenters. The molecule has 2 N–H and O–H groups in total. The Hall–Kier alpha value is -1.89. The lowest BCUT2D eigenvalue weighted by atomic mass is 10.2. The van der Waals surface area contributed by atoms with Gasteiger partial charge in [0.2, 0.25) is 5.95 Å². The molecular weight excluding hydrogens is 240 g/mol. The summed E-state index contributed by atoms with van der Waals surface area (Å²) in [7, 11) is -3.61. The number of rotatable bonds is 3. The number of aryl methyl sites for hydroxylation is 2. The van der Waals surface area contributed by atoms with Crippen LogP contribution in [-0.2, 0) is 10.0 Å². The van der Waals surface area contributed by atoms with Gasteiger partial charge in [-0.05, 0) is 37.1 Å². The molecule has 0 unspecified atom stereocenters. The average Bonchev–Trinajstić information content (AvgIpc) is 2.68. The molecule has 0 bridgehead atoms. The lowest BCUT2D eigenvalue weighted by Gasteiger charge is -2.07. The highest BCUT2D eigenvalue weighted by atomic mass is 32.2. The molecule has 2 aromatic rings. The number of hydrogen-bond donors (Lipinski definition) is 2. The summed E-state index contributed by atoms with van der Waals surface area (Å²) >= 11 is 0. The molecule has 0 fully saturated rings. The standard InChI is InChI=1S/C10H12N4O2S/c1-7-3-8(2)5-9(4-7)17(15,16)14-10-11-6-12-13-10/h3-6H,1-2H3,(H2,11,12,13,14). The number of benzene rings is 1. The molecule has 17 heavy (non-hydrogen) atoms. The Morgan fingerprint density at radius 3 is 2.35 bits per heavy atom. The largest absolute Gasteiger partial charge is 0.264 e. The van der Waals surface area contributed by atoms with E-state index >= 15 is 0 Å². The van der Waals surface area contributed by atoms with Crippen LogP contribution in [0.25, 0.3) is 0 Å². The van der Waals surface area contributed by atoms with Crippen LogP contribution in [0.4, 0.5) is 5.95 Å². The van der Waals surface area contributed by atoms with Gasteiger partial charge in [0.25, 0.3) is 10.0 Å². The van der Waals surface area contributed by atoms with E-state index in [0.29, 0.717) is 0 Å². The lowest BCUT2D eigenvalue weighted by molar-refractivity contribution is 0.600. The minimum absolute atomic E-state index is 0.101. The SMILES string of the molecule is Cc1cc(C)cc(S(=O)(=O)Nc2ncn[nH]2)c1. The summed E-state index contributed by atoms with van der Waals surface area (Å²) in [5.41, 5.74) is 1.78. The zero-order valence-electron chi connectivity index (χ0n) is 9.43. The van der Waals surface area contributed by atoms with E-state index in [1.807, 2.05) is 19.9 Å². The topological polar surface area (TPSA) is 87.7 Å². The van der Waals surface area contributed by atoms with Gasteiger partial charge >= 0.3 is 0 Å². The molecule has 0 aliphatic carbocycles. The van der Waals surface area contributed by atoms with Crippen molar-refractivity contribution < 1.29 is 8.42 Å². The van der Waals surface area contributed by atoms with Crippen molar-refractivity contribution in [3.8, 4) is 0 Å². The van der Waals surface area contributed by atoms with Gasteiger partial charge in [-0.3, -0.25) is 0 Å². The first kappa shape index (κ1) is 11.6. The molecule has 1 aromatic heterocycles. The van der Waals surface area contributed by atoms with E-state index in [0.717, 1.165) is 11.1 Å². The summed E-state index contributed by atoms with van der Waals surface area (Å²) in [4.78, 5) is 3.93. The number of aromatic nitrogens is 3. The van der Waals surface area contributed by atoms with Crippen LogP contribution in [0.3, 0.4) is 0 Å². The molecule has 0 saturated heterocycles. The lowest BCUT2D eigenvalue weighted by Crippen LogP contribution is -2.14. The number of nitrogens with one attached hydrogen (secondary N) is 2. The summed E-state index contributed by atoms with van der Waals surface area (Å²) in [6.45, 7) is 3.70. The summed E-state index contributed by atoms with van der Waals surface area (Å²) < 4.78 is 26.3. The van der Waals surface area contributed by atoms with E-state index in [1.165, 1.54) is 6.33 Å². The second kappa shape index (κ2) is 4.17. The molecule has 2 rings (SSSR count). The van der Waals surface area contributed by atoms with Gasteiger partial charge in [0, 0.05) is 0 Å². The van der Waals surface area contributed by atoms with E-state index in [2.05, 4.69) is 19.9 Å². The van der Waals surface area contributed by atoms with Crippen LogP contribution in [0.1, 0.15) is 11.1 Å². The molecule has 0 amide bonds. The fourth-order valence-electron chi connectivity index (χ4n) is 1.53. The van der Waals surface area contributed by atoms with E-state index < -0.39 is 10.0 Å². The van der Waals surface area contributed by atoms with Crippen molar-refractivity contribution in [2.75, 3.05) is 4.72 Å². The van der Waals surface area contributed by atoms with Crippen LogP contribution in [-0.4, -0.2) is 23.6 Å². The number of H-pyrrole nitrogens is 1. The third kappa shape index (κ3) is 2.62. The summed E-state index contributed by atoms with van der Waals surface area (Å²) in [5.74, 6) is 0.101. The van der Waals surface area contributed by atoms with Crippen molar-refractivity contribution in [1.29, 1.82) is 0 Å². The second-order valence-corrected chi connectivity index (χ2v) is 5.45. The van der Waals surface area contributed by atoms with Crippen molar-refractivity contribution in [3.05, 3.63) is 35.7 Å². The Labute approximate surface area is 99.1 Å². The zero-order chi connectivity index (χ0) is 12.5. The van der Waals surface area contributed by atoms with Gasteiger partial charge in [-0.1, -0.05) is 6.07 Å².